The summed E-state index contributed by atoms with van der Waals surface area (Å²) >= 11 is 0. The maximum absolute atomic E-state index is 10.7. The number of ether oxygens (including phenoxy) is 1. The highest BCUT2D eigenvalue weighted by atomic mass is 19.3. The van der Waals surface area contributed by atoms with E-state index in [0.29, 0.717) is 13.1 Å². The van der Waals surface area contributed by atoms with Gasteiger partial charge in [0.2, 0.25) is 0 Å². The van der Waals surface area contributed by atoms with Crippen LogP contribution in [0.2, 0.25) is 0 Å². The molecule has 118 valence electrons. The van der Waals surface area contributed by atoms with Gasteiger partial charge < -0.3 is 25.2 Å². The van der Waals surface area contributed by atoms with Gasteiger partial charge in [-0.25, -0.2) is 10.1 Å². The van der Waals surface area contributed by atoms with Crippen molar-refractivity contribution in [3.05, 3.63) is 0 Å². The second-order valence-electron chi connectivity index (χ2n) is 4.10. The minimum atomic E-state index is -0.856. The van der Waals surface area contributed by atoms with Gasteiger partial charge in [0.05, 0.1) is 18.9 Å². The molecule has 9 nitrogen and oxygen atoms in total. The molecule has 0 radical (unpaired) electrons. The Bertz CT molecular complexity index is 348. The third kappa shape index (κ3) is 5.36. The van der Waals surface area contributed by atoms with Crippen LogP contribution < -0.4 is 5.32 Å². The standard InChI is InChI=1S/C6H9NO4.C4H7NO2.FHO.H2/c1-11-6(10)7-2-4(3-7)5(8)9;6-4(7)3-1-5-2-3;1-2;/h4H,2-3H2,1H3,(H,8,9);3,5H,1-2H2,(H,6,7);2H;1H/i;;;1+2. The molecule has 4 N–H and O–H groups in total. The van der Waals surface area contributed by atoms with Crippen LogP contribution >= 0.6 is 0 Å². The molecule has 0 unspecified atom stereocenters. The molecule has 0 saturated carbocycles. The Hall–Kier alpha value is -1.94. The average molecular weight is 300 g/mol. The number of nitrogens with zero attached hydrogens (tertiary/aromatic N) is 1. The lowest BCUT2D eigenvalue weighted by Crippen LogP contribution is -2.52. The average Bonchev–Trinajstić information content (AvgIpc) is 2.26. The number of rotatable bonds is 2. The van der Waals surface area contributed by atoms with Gasteiger partial charge in [-0.05, 0) is 0 Å². The zero-order valence-corrected chi connectivity index (χ0v) is 10.8. The van der Waals surface area contributed by atoms with Crippen molar-refractivity contribution in [1.29, 1.82) is 0 Å². The van der Waals surface area contributed by atoms with Crippen LogP contribution in [-0.2, 0) is 14.3 Å². The summed E-state index contributed by atoms with van der Waals surface area (Å²) in [5, 5.41) is 25.0. The van der Waals surface area contributed by atoms with E-state index < -0.39 is 23.9 Å². The molecule has 2 saturated heterocycles. The predicted molar refractivity (Wildman–Crippen MR) is 64.5 cm³/mol. The van der Waals surface area contributed by atoms with Crippen LogP contribution in [0.25, 0.3) is 0 Å². The Balaban J connectivity index is 0. The van der Waals surface area contributed by atoms with Crippen LogP contribution in [0.1, 0.15) is 1.43 Å². The zero-order chi connectivity index (χ0) is 15.7. The summed E-state index contributed by atoms with van der Waals surface area (Å²) in [5.74, 6) is -2.06. The first-order valence-corrected chi connectivity index (χ1v) is 5.61. The highest BCUT2D eigenvalue weighted by Gasteiger charge is 2.36. The quantitative estimate of drug-likeness (QED) is 0.518. The van der Waals surface area contributed by atoms with Crippen LogP contribution in [0.4, 0.5) is 9.32 Å². The molecule has 0 aromatic heterocycles. The molecule has 2 rings (SSSR count). The number of halogens is 1. The summed E-state index contributed by atoms with van der Waals surface area (Å²) < 4.78 is 12.9. The van der Waals surface area contributed by atoms with Crippen LogP contribution in [0.3, 0.4) is 0 Å². The minimum absolute atomic E-state index is 0. The number of carboxylic acid groups (broad SMARTS) is 2. The summed E-state index contributed by atoms with van der Waals surface area (Å²) in [4.78, 5) is 32.2. The van der Waals surface area contributed by atoms with Crippen molar-refractivity contribution < 1.29 is 40.6 Å². The maximum atomic E-state index is 10.7. The Labute approximate surface area is 115 Å². The zero-order valence-electron chi connectivity index (χ0n) is 10.8. The van der Waals surface area contributed by atoms with Crippen LogP contribution in [0.15, 0.2) is 0 Å². The second kappa shape index (κ2) is 9.04. The number of nitrogens with one attached hydrogen (secondary N) is 1. The molecule has 1 amide bonds. The molecule has 2 aliphatic rings. The predicted octanol–water partition coefficient (Wildman–Crippen LogP) is -0.831. The highest BCUT2D eigenvalue weighted by molar-refractivity contribution is 5.76. The van der Waals surface area contributed by atoms with Crippen molar-refractivity contribution in [2.45, 2.75) is 0 Å². The van der Waals surface area contributed by atoms with Gasteiger partial charge >= 0.3 is 18.0 Å². The molecule has 10 heteroatoms. The fourth-order valence-electron chi connectivity index (χ4n) is 1.38. The van der Waals surface area contributed by atoms with Crippen molar-refractivity contribution >= 4 is 18.0 Å². The normalized spacial score (nSPS) is 17.2. The van der Waals surface area contributed by atoms with Crippen molar-refractivity contribution in [2.75, 3.05) is 33.3 Å². The number of carbonyl (C=O) groups excluding carboxylic acids is 1. The van der Waals surface area contributed by atoms with E-state index in [-0.39, 0.29) is 20.4 Å². The third-order valence-electron chi connectivity index (χ3n) is 2.79. The summed E-state index contributed by atoms with van der Waals surface area (Å²) in [6.07, 6.45) is -0.456. The molecule has 0 aromatic rings. The second-order valence-corrected chi connectivity index (χ2v) is 4.10. The topological polar surface area (TPSA) is 136 Å². The number of methoxy groups -OCH3 is 1. The van der Waals surface area contributed by atoms with Gasteiger partial charge in [0.15, 0.2) is 0 Å². The fourth-order valence-corrected chi connectivity index (χ4v) is 1.38. The summed E-state index contributed by atoms with van der Waals surface area (Å²) in [7, 11) is 1.27. The molecule has 2 fully saturated rings. The van der Waals surface area contributed by atoms with E-state index in [2.05, 4.69) is 10.1 Å². The number of carbonyl (C=O) groups is 3. The molecule has 0 aliphatic carbocycles. The largest absolute Gasteiger partial charge is 0.481 e. The van der Waals surface area contributed by atoms with Gasteiger partial charge in [0.25, 0.3) is 0 Å². The van der Waals surface area contributed by atoms with Gasteiger partial charge in [0.1, 0.15) is 0 Å². The van der Waals surface area contributed by atoms with E-state index in [4.69, 9.17) is 20.1 Å². The smallest absolute Gasteiger partial charge is 0.409 e. The molecule has 2 heterocycles. The lowest BCUT2D eigenvalue weighted by atomic mass is 10.0. The maximum Gasteiger partial charge on any atom is 0.409 e. The van der Waals surface area contributed by atoms with Gasteiger partial charge in [-0.3, -0.25) is 9.59 Å². The highest BCUT2D eigenvalue weighted by Crippen LogP contribution is 2.15. The lowest BCUT2D eigenvalue weighted by molar-refractivity contribution is -0.146. The van der Waals surface area contributed by atoms with E-state index in [9.17, 15) is 14.4 Å². The van der Waals surface area contributed by atoms with Crippen molar-refractivity contribution in [3.63, 3.8) is 0 Å². The molecule has 0 aromatic carbocycles. The number of hydrogen-bond donors (Lipinski definition) is 4. The number of hydrogen-bond acceptors (Lipinski definition) is 6. The fraction of sp³-hybridized carbons (Fsp3) is 0.700. The first-order chi connectivity index (χ1) is 9.45. The van der Waals surface area contributed by atoms with E-state index >= 15 is 0 Å². The molecule has 2 aliphatic heterocycles. The Kier molecular flexibility index (Phi) is 8.16. The summed E-state index contributed by atoms with van der Waals surface area (Å²) in [6, 6.07) is 0. The third-order valence-corrected chi connectivity index (χ3v) is 2.79. The van der Waals surface area contributed by atoms with Crippen LogP contribution in [0.5, 0.6) is 0 Å². The molecule has 0 atom stereocenters. The molecule has 0 spiro atoms. The summed E-state index contributed by atoms with van der Waals surface area (Å²) in [5.41, 5.74) is 0. The molecule has 0 bridgehead atoms. The summed E-state index contributed by atoms with van der Waals surface area (Å²) in [6.45, 7) is 1.83. The number of amides is 1. The SMILES string of the molecule is COC(=O)N1CC(C(=O)O)C1.O=C(O)C1CNC1.OF.[3HH]. The number of carboxylic acids is 2. The van der Waals surface area contributed by atoms with Crippen molar-refractivity contribution in [1.82, 2.24) is 10.2 Å². The van der Waals surface area contributed by atoms with Gasteiger partial charge in [0, 0.05) is 27.6 Å². The Morgan fingerprint density at radius 2 is 1.60 bits per heavy atom. The molecule has 20 heavy (non-hydrogen) atoms. The van der Waals surface area contributed by atoms with Crippen LogP contribution in [-0.4, -0.2) is 71.7 Å². The number of aliphatic carboxylic acids is 2. The van der Waals surface area contributed by atoms with E-state index in [1.807, 2.05) is 0 Å². The lowest BCUT2D eigenvalue weighted by Gasteiger charge is -2.34. The number of likely N-dealkylation sites (tertiary alicyclic amines) is 1. The van der Waals surface area contributed by atoms with Gasteiger partial charge in [-0.2, -0.15) is 0 Å². The van der Waals surface area contributed by atoms with Gasteiger partial charge in [-0.15, -0.1) is 0 Å². The molecular weight excluding hydrogens is 279 g/mol. The monoisotopic (exact) mass is 300 g/mol. The van der Waals surface area contributed by atoms with E-state index in [1.54, 1.807) is 0 Å². The van der Waals surface area contributed by atoms with Crippen LogP contribution in [0, 0.1) is 11.8 Å². The van der Waals surface area contributed by atoms with Gasteiger partial charge in [-0.1, -0.05) is 4.53 Å². The first kappa shape index (κ1) is 18.1. The first-order valence-electron chi connectivity index (χ1n) is 5.61. The van der Waals surface area contributed by atoms with Crippen molar-refractivity contribution in [3.8, 4) is 0 Å². The Morgan fingerprint density at radius 1 is 1.15 bits per heavy atom. The Morgan fingerprint density at radius 3 is 1.80 bits per heavy atom. The van der Waals surface area contributed by atoms with E-state index in [0.717, 1.165) is 0 Å². The molecular formula is C10H19FN2O7. The van der Waals surface area contributed by atoms with Crippen molar-refractivity contribution in [2.24, 2.45) is 11.8 Å². The van der Waals surface area contributed by atoms with E-state index in [1.165, 1.54) is 12.0 Å². The minimum Gasteiger partial charge on any atom is -0.481 e.